The number of nitrogens with two attached hydrogens (primary N) is 1. The van der Waals surface area contributed by atoms with Gasteiger partial charge in [0, 0.05) is 12.7 Å². The van der Waals surface area contributed by atoms with Crippen LogP contribution in [0.3, 0.4) is 0 Å². The van der Waals surface area contributed by atoms with Crippen LogP contribution >= 0.6 is 0 Å². The fraction of sp³-hybridized carbons (Fsp3) is 1.00. The van der Waals surface area contributed by atoms with Gasteiger partial charge in [-0.05, 0) is 46.3 Å². The standard InChI is InChI=1S/C9H23NO2Si/c1-5-11-13(4,8-6-7-10)12-9(2)3/h9H,5-8,10H2,1-4H3. The minimum Gasteiger partial charge on any atom is -0.395 e. The highest BCUT2D eigenvalue weighted by atomic mass is 28.4. The molecule has 2 N–H and O–H groups in total. The first-order chi connectivity index (χ1) is 6.04. The second kappa shape index (κ2) is 6.54. The van der Waals surface area contributed by atoms with E-state index in [-0.39, 0.29) is 6.10 Å². The Hall–Kier alpha value is 0.0969. The van der Waals surface area contributed by atoms with Gasteiger partial charge in [-0.1, -0.05) is 0 Å². The molecule has 4 heteroatoms. The van der Waals surface area contributed by atoms with Gasteiger partial charge in [-0.25, -0.2) is 0 Å². The fourth-order valence-electron chi connectivity index (χ4n) is 1.39. The van der Waals surface area contributed by atoms with Crippen molar-refractivity contribution in [3.63, 3.8) is 0 Å². The second-order valence-corrected chi connectivity index (χ2v) is 6.92. The van der Waals surface area contributed by atoms with Crippen molar-refractivity contribution in [3.8, 4) is 0 Å². The first kappa shape index (κ1) is 13.1. The van der Waals surface area contributed by atoms with Crippen molar-refractivity contribution in [1.29, 1.82) is 0 Å². The summed E-state index contributed by atoms with van der Waals surface area (Å²) in [5.41, 5.74) is 5.47. The SMILES string of the molecule is CCO[Si](C)(CCCN)OC(C)C. The monoisotopic (exact) mass is 205 g/mol. The van der Waals surface area contributed by atoms with Crippen LogP contribution in [0.4, 0.5) is 0 Å². The van der Waals surface area contributed by atoms with E-state index in [0.29, 0.717) is 0 Å². The van der Waals surface area contributed by atoms with Crippen molar-refractivity contribution in [1.82, 2.24) is 0 Å². The topological polar surface area (TPSA) is 44.5 Å². The molecule has 1 unspecified atom stereocenters. The van der Waals surface area contributed by atoms with Crippen LogP contribution in [0.25, 0.3) is 0 Å². The van der Waals surface area contributed by atoms with Gasteiger partial charge in [0.05, 0.1) is 0 Å². The summed E-state index contributed by atoms with van der Waals surface area (Å²) in [5.74, 6) is 0. The highest BCUT2D eigenvalue weighted by Crippen LogP contribution is 2.17. The average Bonchev–Trinajstić information content (AvgIpc) is 2.00. The molecule has 0 heterocycles. The first-order valence-corrected chi connectivity index (χ1v) is 7.58. The Bertz CT molecular complexity index is 133. The molecule has 0 saturated heterocycles. The van der Waals surface area contributed by atoms with Crippen molar-refractivity contribution < 1.29 is 8.85 Å². The zero-order valence-electron chi connectivity index (χ0n) is 9.30. The van der Waals surface area contributed by atoms with Crippen LogP contribution in [0.5, 0.6) is 0 Å². The van der Waals surface area contributed by atoms with Crippen LogP contribution in [0.1, 0.15) is 27.2 Å². The molecule has 0 aliphatic heterocycles. The molecule has 0 amide bonds. The number of rotatable bonds is 7. The molecule has 0 aromatic rings. The molecule has 0 bridgehead atoms. The summed E-state index contributed by atoms with van der Waals surface area (Å²) in [4.78, 5) is 0. The van der Waals surface area contributed by atoms with E-state index in [9.17, 15) is 0 Å². The molecule has 0 aliphatic carbocycles. The van der Waals surface area contributed by atoms with Crippen molar-refractivity contribution in [2.75, 3.05) is 13.2 Å². The average molecular weight is 205 g/mol. The van der Waals surface area contributed by atoms with Gasteiger partial charge < -0.3 is 14.6 Å². The molecule has 80 valence electrons. The Morgan fingerprint density at radius 3 is 2.38 bits per heavy atom. The van der Waals surface area contributed by atoms with Crippen molar-refractivity contribution >= 4 is 8.56 Å². The summed E-state index contributed by atoms with van der Waals surface area (Å²) < 4.78 is 11.5. The largest absolute Gasteiger partial charge is 0.395 e. The molecule has 13 heavy (non-hydrogen) atoms. The number of hydrogen-bond donors (Lipinski definition) is 1. The Labute approximate surface area is 82.9 Å². The van der Waals surface area contributed by atoms with Gasteiger partial charge in [0.25, 0.3) is 0 Å². The zero-order valence-corrected chi connectivity index (χ0v) is 10.3. The molecule has 0 saturated carbocycles. The van der Waals surface area contributed by atoms with Gasteiger partial charge in [-0.15, -0.1) is 0 Å². The third-order valence-corrected chi connectivity index (χ3v) is 4.90. The molecule has 0 aromatic heterocycles. The molecule has 0 spiro atoms. The third kappa shape index (κ3) is 6.21. The van der Waals surface area contributed by atoms with E-state index >= 15 is 0 Å². The molecule has 3 nitrogen and oxygen atoms in total. The smallest absolute Gasteiger partial charge is 0.335 e. The quantitative estimate of drug-likeness (QED) is 0.645. The Balaban J connectivity index is 3.99. The maximum Gasteiger partial charge on any atom is 0.335 e. The van der Waals surface area contributed by atoms with Crippen LogP contribution in [0, 0.1) is 0 Å². The lowest BCUT2D eigenvalue weighted by Gasteiger charge is -2.28. The summed E-state index contributed by atoms with van der Waals surface area (Å²) in [6.45, 7) is 9.68. The maximum atomic E-state index is 5.84. The molecule has 0 radical (unpaired) electrons. The Kier molecular flexibility index (Phi) is 6.58. The van der Waals surface area contributed by atoms with Crippen LogP contribution in [-0.2, 0) is 8.85 Å². The van der Waals surface area contributed by atoms with Crippen molar-refractivity contribution in [3.05, 3.63) is 0 Å². The molecular weight excluding hydrogens is 182 g/mol. The Morgan fingerprint density at radius 1 is 1.38 bits per heavy atom. The zero-order chi connectivity index (χ0) is 10.3. The summed E-state index contributed by atoms with van der Waals surface area (Å²) >= 11 is 0. The summed E-state index contributed by atoms with van der Waals surface area (Å²) in [6, 6.07) is 0.996. The normalized spacial score (nSPS) is 16.2. The lowest BCUT2D eigenvalue weighted by Crippen LogP contribution is -2.41. The van der Waals surface area contributed by atoms with Gasteiger partial charge in [-0.2, -0.15) is 0 Å². The van der Waals surface area contributed by atoms with E-state index < -0.39 is 8.56 Å². The predicted molar refractivity (Wildman–Crippen MR) is 57.9 cm³/mol. The molecule has 0 rings (SSSR count). The van der Waals surface area contributed by atoms with Crippen LogP contribution in [-0.4, -0.2) is 27.8 Å². The van der Waals surface area contributed by atoms with Gasteiger partial charge >= 0.3 is 8.56 Å². The third-order valence-electron chi connectivity index (χ3n) is 1.77. The summed E-state index contributed by atoms with van der Waals surface area (Å²) in [5, 5.41) is 0. The minimum atomic E-state index is -1.91. The Morgan fingerprint density at radius 2 is 2.00 bits per heavy atom. The fourth-order valence-corrected chi connectivity index (χ4v) is 4.18. The lowest BCUT2D eigenvalue weighted by molar-refractivity contribution is 0.141. The van der Waals surface area contributed by atoms with E-state index in [1.165, 1.54) is 0 Å². The molecule has 1 atom stereocenters. The van der Waals surface area contributed by atoms with Crippen LogP contribution in [0.2, 0.25) is 12.6 Å². The second-order valence-electron chi connectivity index (χ2n) is 3.63. The summed E-state index contributed by atoms with van der Waals surface area (Å²) in [6.07, 6.45) is 1.25. The minimum absolute atomic E-state index is 0.251. The van der Waals surface area contributed by atoms with E-state index in [2.05, 4.69) is 6.55 Å². The lowest BCUT2D eigenvalue weighted by atomic mass is 10.5. The van der Waals surface area contributed by atoms with Gasteiger partial charge in [0.2, 0.25) is 0 Å². The van der Waals surface area contributed by atoms with E-state index in [1.807, 2.05) is 20.8 Å². The maximum absolute atomic E-state index is 5.84. The highest BCUT2D eigenvalue weighted by molar-refractivity contribution is 6.66. The van der Waals surface area contributed by atoms with Crippen molar-refractivity contribution in [2.24, 2.45) is 5.73 Å². The van der Waals surface area contributed by atoms with Crippen LogP contribution < -0.4 is 5.73 Å². The molecule has 0 fully saturated rings. The first-order valence-electron chi connectivity index (χ1n) is 5.06. The number of hydrogen-bond acceptors (Lipinski definition) is 3. The van der Waals surface area contributed by atoms with E-state index in [4.69, 9.17) is 14.6 Å². The van der Waals surface area contributed by atoms with Crippen molar-refractivity contribution in [2.45, 2.75) is 45.9 Å². The van der Waals surface area contributed by atoms with E-state index in [0.717, 1.165) is 25.6 Å². The van der Waals surface area contributed by atoms with E-state index in [1.54, 1.807) is 0 Å². The molecular formula is C9H23NO2Si. The predicted octanol–water partition coefficient (Wildman–Crippen LogP) is 1.87. The van der Waals surface area contributed by atoms with Gasteiger partial charge in [0.15, 0.2) is 0 Å². The van der Waals surface area contributed by atoms with Gasteiger partial charge in [-0.3, -0.25) is 0 Å². The van der Waals surface area contributed by atoms with Crippen LogP contribution in [0.15, 0.2) is 0 Å². The molecule has 0 aromatic carbocycles. The van der Waals surface area contributed by atoms with Gasteiger partial charge in [0.1, 0.15) is 0 Å². The highest BCUT2D eigenvalue weighted by Gasteiger charge is 2.31. The molecule has 0 aliphatic rings. The summed E-state index contributed by atoms with van der Waals surface area (Å²) in [7, 11) is -1.91.